The van der Waals surface area contributed by atoms with Gasteiger partial charge < -0.3 is 10.2 Å². The van der Waals surface area contributed by atoms with E-state index in [9.17, 15) is 19.2 Å². The van der Waals surface area contributed by atoms with Gasteiger partial charge >= 0.3 is 11.9 Å². The van der Waals surface area contributed by atoms with Gasteiger partial charge in [0, 0.05) is 34.4 Å². The lowest BCUT2D eigenvalue weighted by Crippen LogP contribution is -2.20. The minimum atomic E-state index is -0.981. The summed E-state index contributed by atoms with van der Waals surface area (Å²) in [5.74, 6) is -2.09. The Bertz CT molecular complexity index is 756. The normalized spacial score (nSPS) is 10.6. The first-order chi connectivity index (χ1) is 12.3. The van der Waals surface area contributed by atoms with E-state index in [1.165, 1.54) is 0 Å². The molecule has 1 aliphatic rings. The number of carboxylic acid groups (broad SMARTS) is 2. The first-order valence-electron chi connectivity index (χ1n) is 7.31. The molecule has 6 heteroatoms. The first-order valence-corrected chi connectivity index (χ1v) is 7.31. The van der Waals surface area contributed by atoms with Gasteiger partial charge in [-0.2, -0.15) is 0 Å². The fourth-order valence-corrected chi connectivity index (χ4v) is 2.05. The summed E-state index contributed by atoms with van der Waals surface area (Å²) >= 11 is 0. The maximum Gasteiger partial charge on any atom is 0.327 e. The highest BCUT2D eigenvalue weighted by Gasteiger charge is 2.28. The summed E-state index contributed by atoms with van der Waals surface area (Å²) in [6, 6.07) is 13.9. The van der Waals surface area contributed by atoms with Crippen molar-refractivity contribution in [3.63, 3.8) is 0 Å². The zero-order valence-electron chi connectivity index (χ0n) is 13.7. The highest BCUT2D eigenvalue weighted by atomic mass is 16.4. The van der Waals surface area contributed by atoms with Crippen LogP contribution >= 0.6 is 0 Å². The number of carbonyl (C=O) groups excluding carboxylic acids is 2. The quantitative estimate of drug-likeness (QED) is 0.686. The predicted octanol–water partition coefficient (Wildman–Crippen LogP) is 2.98. The zero-order valence-corrected chi connectivity index (χ0v) is 13.7. The lowest BCUT2D eigenvalue weighted by molar-refractivity contribution is -0.132. The van der Waals surface area contributed by atoms with Crippen molar-refractivity contribution in [3.8, 4) is 0 Å². The van der Waals surface area contributed by atoms with E-state index in [1.54, 1.807) is 48.5 Å². The molecule has 2 aromatic rings. The Morgan fingerprint density at radius 2 is 0.846 bits per heavy atom. The standard InChI is InChI=1S/C14H8O2.2C3H4O2/c15-13-9-5-1-2-6-10(9)14(16)12-8-4-3-7-11(12)13;2*1-2-3(4)5/h1-8H;2*2H,1H2,(H,4,5). The molecule has 0 bridgehead atoms. The third-order valence-corrected chi connectivity index (χ3v) is 3.18. The maximum atomic E-state index is 12.1. The Balaban J connectivity index is 0.000000284. The average Bonchev–Trinajstić information content (AvgIpc) is 2.67. The molecule has 2 aromatic carbocycles. The third kappa shape index (κ3) is 5.10. The molecule has 0 fully saturated rings. The average molecular weight is 352 g/mol. The smallest absolute Gasteiger partial charge is 0.327 e. The number of rotatable bonds is 2. The number of hydrogen-bond acceptors (Lipinski definition) is 4. The molecule has 0 saturated heterocycles. The topological polar surface area (TPSA) is 109 Å². The van der Waals surface area contributed by atoms with Gasteiger partial charge in [-0.3, -0.25) is 9.59 Å². The Labute approximate surface area is 149 Å². The summed E-state index contributed by atoms with van der Waals surface area (Å²) < 4.78 is 0. The predicted molar refractivity (Wildman–Crippen MR) is 95.4 cm³/mol. The van der Waals surface area contributed by atoms with E-state index >= 15 is 0 Å². The summed E-state index contributed by atoms with van der Waals surface area (Å²) in [6.07, 6.45) is 1.67. The second-order valence-electron chi connectivity index (χ2n) is 4.83. The van der Waals surface area contributed by atoms with Gasteiger partial charge in [-0.25, -0.2) is 9.59 Å². The van der Waals surface area contributed by atoms with Crippen molar-refractivity contribution in [2.24, 2.45) is 0 Å². The van der Waals surface area contributed by atoms with Gasteiger partial charge in [-0.1, -0.05) is 61.7 Å². The molecule has 0 heterocycles. The second kappa shape index (κ2) is 9.48. The molecule has 0 atom stereocenters. The number of aliphatic carboxylic acids is 2. The van der Waals surface area contributed by atoms with Crippen LogP contribution in [-0.2, 0) is 9.59 Å². The summed E-state index contributed by atoms with van der Waals surface area (Å²) in [6.45, 7) is 5.92. The number of benzene rings is 2. The van der Waals surface area contributed by atoms with Gasteiger partial charge in [-0.05, 0) is 0 Å². The van der Waals surface area contributed by atoms with Crippen LogP contribution in [0.25, 0.3) is 0 Å². The molecule has 0 spiro atoms. The zero-order chi connectivity index (χ0) is 19.7. The number of carbonyl (C=O) groups is 4. The molecule has 0 saturated carbocycles. The molecule has 6 nitrogen and oxygen atoms in total. The van der Waals surface area contributed by atoms with E-state index in [0.29, 0.717) is 22.3 Å². The van der Waals surface area contributed by atoms with E-state index in [2.05, 4.69) is 13.2 Å². The van der Waals surface area contributed by atoms with Gasteiger partial charge in [0.05, 0.1) is 0 Å². The van der Waals surface area contributed by atoms with Gasteiger partial charge in [0.1, 0.15) is 0 Å². The van der Waals surface area contributed by atoms with E-state index in [1.807, 2.05) is 0 Å². The van der Waals surface area contributed by atoms with Crippen LogP contribution in [0.15, 0.2) is 73.8 Å². The van der Waals surface area contributed by atoms with Crippen LogP contribution in [0.1, 0.15) is 31.8 Å². The monoisotopic (exact) mass is 352 g/mol. The summed E-state index contributed by atoms with van der Waals surface area (Å²) in [5, 5.41) is 15.2. The van der Waals surface area contributed by atoms with Crippen LogP contribution in [0.3, 0.4) is 0 Å². The number of carboxylic acids is 2. The lowest BCUT2D eigenvalue weighted by atomic mass is 9.84. The summed E-state index contributed by atoms with van der Waals surface area (Å²) in [5.41, 5.74) is 2.02. The Morgan fingerprint density at radius 3 is 1.00 bits per heavy atom. The fourth-order valence-electron chi connectivity index (χ4n) is 2.05. The van der Waals surface area contributed by atoms with Crippen LogP contribution in [0.2, 0.25) is 0 Å². The Kier molecular flexibility index (Phi) is 7.39. The molecule has 2 N–H and O–H groups in total. The van der Waals surface area contributed by atoms with Crippen LogP contribution in [0.4, 0.5) is 0 Å². The summed E-state index contributed by atoms with van der Waals surface area (Å²) in [7, 11) is 0. The van der Waals surface area contributed by atoms with E-state index in [-0.39, 0.29) is 11.6 Å². The van der Waals surface area contributed by atoms with Crippen LogP contribution < -0.4 is 0 Å². The van der Waals surface area contributed by atoms with Crippen molar-refractivity contribution in [3.05, 3.63) is 96.1 Å². The van der Waals surface area contributed by atoms with E-state index in [0.717, 1.165) is 12.2 Å². The maximum absolute atomic E-state index is 12.1. The second-order valence-corrected chi connectivity index (χ2v) is 4.83. The highest BCUT2D eigenvalue weighted by molar-refractivity contribution is 6.28. The molecule has 0 aromatic heterocycles. The van der Waals surface area contributed by atoms with Crippen molar-refractivity contribution in [2.45, 2.75) is 0 Å². The van der Waals surface area contributed by atoms with Gasteiger partial charge in [0.2, 0.25) is 0 Å². The van der Waals surface area contributed by atoms with Crippen LogP contribution in [0, 0.1) is 0 Å². The fraction of sp³-hybridized carbons (Fsp3) is 0. The van der Waals surface area contributed by atoms with E-state index in [4.69, 9.17) is 10.2 Å². The third-order valence-electron chi connectivity index (χ3n) is 3.18. The Morgan fingerprint density at radius 1 is 0.654 bits per heavy atom. The molecule has 0 amide bonds. The molecule has 0 radical (unpaired) electrons. The highest BCUT2D eigenvalue weighted by Crippen LogP contribution is 2.26. The molecule has 3 rings (SSSR count). The minimum Gasteiger partial charge on any atom is -0.478 e. The van der Waals surface area contributed by atoms with Crippen molar-refractivity contribution < 1.29 is 29.4 Å². The molecule has 26 heavy (non-hydrogen) atoms. The van der Waals surface area contributed by atoms with Gasteiger partial charge in [-0.15, -0.1) is 0 Å². The molecule has 132 valence electrons. The summed E-state index contributed by atoms with van der Waals surface area (Å²) in [4.78, 5) is 42.7. The molecule has 1 aliphatic carbocycles. The van der Waals surface area contributed by atoms with Crippen molar-refractivity contribution in [1.29, 1.82) is 0 Å². The molecular formula is C20H16O6. The molecular weight excluding hydrogens is 336 g/mol. The number of ketones is 2. The number of hydrogen-bond donors (Lipinski definition) is 2. The van der Waals surface area contributed by atoms with Crippen LogP contribution in [0.5, 0.6) is 0 Å². The SMILES string of the molecule is C=CC(=O)O.C=CC(=O)O.O=C1c2ccccc2C(=O)c2ccccc21. The van der Waals surface area contributed by atoms with Crippen molar-refractivity contribution in [2.75, 3.05) is 0 Å². The first kappa shape index (κ1) is 20.2. The lowest BCUT2D eigenvalue weighted by Gasteiger charge is -2.16. The van der Waals surface area contributed by atoms with E-state index < -0.39 is 11.9 Å². The molecule has 0 aliphatic heterocycles. The van der Waals surface area contributed by atoms with Crippen molar-refractivity contribution in [1.82, 2.24) is 0 Å². The number of fused-ring (bicyclic) bond motifs is 2. The molecule has 0 unspecified atom stereocenters. The minimum absolute atomic E-state index is 0.0641. The van der Waals surface area contributed by atoms with Gasteiger partial charge in [0.25, 0.3) is 0 Å². The van der Waals surface area contributed by atoms with Crippen LogP contribution in [-0.4, -0.2) is 33.7 Å². The van der Waals surface area contributed by atoms with Crippen molar-refractivity contribution >= 4 is 23.5 Å². The van der Waals surface area contributed by atoms with Gasteiger partial charge in [0.15, 0.2) is 11.6 Å². The Hall–Kier alpha value is -3.80. The largest absolute Gasteiger partial charge is 0.478 e.